The minimum Gasteiger partial charge on any atom is -0.392 e. The first kappa shape index (κ1) is 11.8. The first-order valence-electron chi connectivity index (χ1n) is 5.65. The number of benzene rings is 2. The van der Waals surface area contributed by atoms with E-state index in [4.69, 9.17) is 5.11 Å². The highest BCUT2D eigenvalue weighted by Crippen LogP contribution is 2.26. The van der Waals surface area contributed by atoms with Crippen LogP contribution >= 0.6 is 0 Å². The maximum atomic E-state index is 9.25. The van der Waals surface area contributed by atoms with Crippen molar-refractivity contribution in [3.05, 3.63) is 59.2 Å². The molecule has 0 aliphatic heterocycles. The first-order valence-corrected chi connectivity index (χ1v) is 5.65. The summed E-state index contributed by atoms with van der Waals surface area (Å²) in [6.45, 7) is 2.11. The summed E-state index contributed by atoms with van der Waals surface area (Å²) in [4.78, 5) is 0. The summed E-state index contributed by atoms with van der Waals surface area (Å²) in [5.74, 6) is 0. The topological polar surface area (TPSA) is 40.5 Å². The molecule has 0 bridgehead atoms. The second kappa shape index (κ2) is 5.13. The van der Waals surface area contributed by atoms with Gasteiger partial charge in [0.15, 0.2) is 0 Å². The van der Waals surface area contributed by atoms with Gasteiger partial charge in [-0.3, -0.25) is 0 Å². The molecular weight excluding hydrogens is 212 g/mol. The van der Waals surface area contributed by atoms with E-state index in [0.717, 1.165) is 27.8 Å². The number of aliphatic hydroxyl groups is 2. The third-order valence-corrected chi connectivity index (χ3v) is 3.04. The van der Waals surface area contributed by atoms with Crippen LogP contribution in [0.5, 0.6) is 0 Å². The van der Waals surface area contributed by atoms with Gasteiger partial charge >= 0.3 is 0 Å². The fraction of sp³-hybridized carbons (Fsp3) is 0.200. The van der Waals surface area contributed by atoms with E-state index in [-0.39, 0.29) is 13.2 Å². The van der Waals surface area contributed by atoms with Gasteiger partial charge in [0.2, 0.25) is 0 Å². The SMILES string of the molecule is Cc1c(CO)cccc1-c1cccc(CO)c1. The van der Waals surface area contributed by atoms with Gasteiger partial charge in [-0.05, 0) is 40.8 Å². The smallest absolute Gasteiger partial charge is 0.0684 e. The van der Waals surface area contributed by atoms with Crippen LogP contribution in [0.1, 0.15) is 16.7 Å². The predicted octanol–water partition coefficient (Wildman–Crippen LogP) is 2.65. The van der Waals surface area contributed by atoms with E-state index in [1.807, 2.05) is 49.4 Å². The highest BCUT2D eigenvalue weighted by Gasteiger charge is 2.05. The van der Waals surface area contributed by atoms with Gasteiger partial charge < -0.3 is 10.2 Å². The Morgan fingerprint density at radius 1 is 0.941 bits per heavy atom. The van der Waals surface area contributed by atoms with Crippen LogP contribution in [0.2, 0.25) is 0 Å². The molecule has 2 aromatic rings. The summed E-state index contributed by atoms with van der Waals surface area (Å²) in [5.41, 5.74) is 5.11. The van der Waals surface area contributed by atoms with E-state index in [9.17, 15) is 5.11 Å². The molecule has 0 aromatic heterocycles. The quantitative estimate of drug-likeness (QED) is 0.847. The lowest BCUT2D eigenvalue weighted by Crippen LogP contribution is -1.92. The molecule has 0 fully saturated rings. The minimum atomic E-state index is 0.0482. The van der Waals surface area contributed by atoms with Crippen LogP contribution in [0.25, 0.3) is 11.1 Å². The summed E-state index contributed by atoms with van der Waals surface area (Å²) >= 11 is 0. The third-order valence-electron chi connectivity index (χ3n) is 3.04. The molecule has 2 rings (SSSR count). The normalized spacial score (nSPS) is 10.5. The zero-order valence-corrected chi connectivity index (χ0v) is 9.85. The third kappa shape index (κ3) is 2.38. The van der Waals surface area contributed by atoms with Gasteiger partial charge in [-0.15, -0.1) is 0 Å². The molecule has 0 atom stereocenters. The van der Waals surface area contributed by atoms with Gasteiger partial charge in [-0.2, -0.15) is 0 Å². The summed E-state index contributed by atoms with van der Waals surface area (Å²) in [5, 5.41) is 18.4. The molecule has 0 saturated heterocycles. The number of rotatable bonds is 3. The van der Waals surface area contributed by atoms with Gasteiger partial charge in [-0.1, -0.05) is 36.4 Å². The Morgan fingerprint density at radius 2 is 1.71 bits per heavy atom. The van der Waals surface area contributed by atoms with Crippen LogP contribution in [0, 0.1) is 6.92 Å². The molecule has 0 spiro atoms. The molecule has 17 heavy (non-hydrogen) atoms. The van der Waals surface area contributed by atoms with Crippen molar-refractivity contribution in [2.24, 2.45) is 0 Å². The average Bonchev–Trinajstić information content (AvgIpc) is 2.39. The minimum absolute atomic E-state index is 0.0482. The van der Waals surface area contributed by atoms with E-state index < -0.39 is 0 Å². The van der Waals surface area contributed by atoms with Crippen LogP contribution in [0.4, 0.5) is 0 Å². The lowest BCUT2D eigenvalue weighted by Gasteiger charge is -2.10. The van der Waals surface area contributed by atoms with Crippen molar-refractivity contribution in [3.8, 4) is 11.1 Å². The van der Waals surface area contributed by atoms with Gasteiger partial charge in [0.25, 0.3) is 0 Å². The Morgan fingerprint density at radius 3 is 2.41 bits per heavy atom. The Balaban J connectivity index is 2.52. The molecule has 0 heterocycles. The molecule has 0 radical (unpaired) electrons. The van der Waals surface area contributed by atoms with Crippen molar-refractivity contribution < 1.29 is 10.2 Å². The summed E-state index contributed by atoms with van der Waals surface area (Å²) in [7, 11) is 0. The second-order valence-corrected chi connectivity index (χ2v) is 4.11. The predicted molar refractivity (Wildman–Crippen MR) is 68.5 cm³/mol. The Bertz CT molecular complexity index is 518. The molecule has 2 N–H and O–H groups in total. The van der Waals surface area contributed by atoms with Crippen LogP contribution in [-0.2, 0) is 13.2 Å². The largest absolute Gasteiger partial charge is 0.392 e. The lowest BCUT2D eigenvalue weighted by atomic mass is 9.96. The molecule has 2 aromatic carbocycles. The lowest BCUT2D eigenvalue weighted by molar-refractivity contribution is 0.281. The van der Waals surface area contributed by atoms with Crippen LogP contribution in [0.3, 0.4) is 0 Å². The molecule has 0 aliphatic carbocycles. The first-order chi connectivity index (χ1) is 8.26. The monoisotopic (exact) mass is 228 g/mol. The zero-order valence-electron chi connectivity index (χ0n) is 9.85. The fourth-order valence-electron chi connectivity index (χ4n) is 2.00. The van der Waals surface area contributed by atoms with Crippen LogP contribution in [0.15, 0.2) is 42.5 Å². The maximum absolute atomic E-state index is 9.25. The molecule has 2 heteroatoms. The standard InChI is InChI=1S/C15H16O2/c1-11-14(10-17)6-3-7-15(11)13-5-2-4-12(8-13)9-16/h2-8,16-17H,9-10H2,1H3. The van der Waals surface area contributed by atoms with Crippen molar-refractivity contribution in [1.29, 1.82) is 0 Å². The molecule has 0 amide bonds. The molecule has 0 aliphatic rings. The van der Waals surface area contributed by atoms with Gasteiger partial charge in [0.1, 0.15) is 0 Å². The number of hydrogen-bond acceptors (Lipinski definition) is 2. The maximum Gasteiger partial charge on any atom is 0.0684 e. The molecule has 0 unspecified atom stereocenters. The van der Waals surface area contributed by atoms with E-state index in [1.54, 1.807) is 0 Å². The summed E-state index contributed by atoms with van der Waals surface area (Å²) in [6, 6.07) is 13.7. The van der Waals surface area contributed by atoms with E-state index in [2.05, 4.69) is 0 Å². The van der Waals surface area contributed by atoms with Gasteiger partial charge in [0.05, 0.1) is 13.2 Å². The Labute approximate surface area is 101 Å². The van der Waals surface area contributed by atoms with Crippen molar-refractivity contribution in [1.82, 2.24) is 0 Å². The van der Waals surface area contributed by atoms with Crippen molar-refractivity contribution in [2.45, 2.75) is 20.1 Å². The van der Waals surface area contributed by atoms with Gasteiger partial charge in [-0.25, -0.2) is 0 Å². The average molecular weight is 228 g/mol. The Hall–Kier alpha value is -1.64. The fourth-order valence-corrected chi connectivity index (χ4v) is 2.00. The van der Waals surface area contributed by atoms with Crippen LogP contribution in [-0.4, -0.2) is 10.2 Å². The van der Waals surface area contributed by atoms with E-state index >= 15 is 0 Å². The van der Waals surface area contributed by atoms with Gasteiger partial charge in [0, 0.05) is 0 Å². The zero-order chi connectivity index (χ0) is 12.3. The summed E-state index contributed by atoms with van der Waals surface area (Å²) < 4.78 is 0. The van der Waals surface area contributed by atoms with Crippen molar-refractivity contribution >= 4 is 0 Å². The molecule has 2 nitrogen and oxygen atoms in total. The summed E-state index contributed by atoms with van der Waals surface area (Å²) in [6.07, 6.45) is 0. The van der Waals surface area contributed by atoms with Crippen LogP contribution < -0.4 is 0 Å². The second-order valence-electron chi connectivity index (χ2n) is 4.11. The highest BCUT2D eigenvalue weighted by atomic mass is 16.3. The van der Waals surface area contributed by atoms with E-state index in [0.29, 0.717) is 0 Å². The van der Waals surface area contributed by atoms with E-state index in [1.165, 1.54) is 0 Å². The van der Waals surface area contributed by atoms with Crippen molar-refractivity contribution in [3.63, 3.8) is 0 Å². The number of aliphatic hydroxyl groups excluding tert-OH is 2. The molecular formula is C15H16O2. The molecule has 88 valence electrons. The van der Waals surface area contributed by atoms with Crippen molar-refractivity contribution in [2.75, 3.05) is 0 Å². The molecule has 0 saturated carbocycles. The number of hydrogen-bond donors (Lipinski definition) is 2. The highest BCUT2D eigenvalue weighted by molar-refractivity contribution is 5.69. The Kier molecular flexibility index (Phi) is 3.57.